The topological polar surface area (TPSA) is 68.8 Å². The molecule has 2 aromatic rings. The van der Waals surface area contributed by atoms with E-state index in [0.29, 0.717) is 18.0 Å². The molecule has 0 fully saturated rings. The predicted molar refractivity (Wildman–Crippen MR) is 67.6 cm³/mol. The Labute approximate surface area is 110 Å². The second-order valence-electron chi connectivity index (χ2n) is 4.04. The maximum Gasteiger partial charge on any atom is 0.0866 e. The molecule has 2 rings (SSSR count). The van der Waals surface area contributed by atoms with Gasteiger partial charge in [-0.15, -0.1) is 5.10 Å². The van der Waals surface area contributed by atoms with Gasteiger partial charge in [0.2, 0.25) is 0 Å². The van der Waals surface area contributed by atoms with Crippen LogP contribution in [0, 0.1) is 6.92 Å². The van der Waals surface area contributed by atoms with E-state index in [1.54, 1.807) is 4.68 Å². The summed E-state index contributed by atoms with van der Waals surface area (Å²) in [5.41, 5.74) is 2.52. The Kier molecular flexibility index (Phi) is 3.98. The molecule has 7 heteroatoms. The lowest BCUT2D eigenvalue weighted by Crippen LogP contribution is -2.08. The van der Waals surface area contributed by atoms with Crippen molar-refractivity contribution in [2.45, 2.75) is 33.4 Å². The second-order valence-corrected chi connectivity index (χ2v) is 4.42. The summed E-state index contributed by atoms with van der Waals surface area (Å²) in [5, 5.41) is 21.9. The van der Waals surface area contributed by atoms with Crippen LogP contribution >= 0.6 is 11.6 Å². The molecular formula is C11H16ClN5O. The van der Waals surface area contributed by atoms with E-state index in [4.69, 9.17) is 16.7 Å². The van der Waals surface area contributed by atoms with Gasteiger partial charge in [0.05, 0.1) is 28.6 Å². The number of aliphatic hydroxyl groups excluding tert-OH is 1. The molecule has 18 heavy (non-hydrogen) atoms. The Morgan fingerprint density at radius 3 is 2.89 bits per heavy atom. The zero-order valence-corrected chi connectivity index (χ0v) is 11.2. The van der Waals surface area contributed by atoms with Gasteiger partial charge < -0.3 is 5.11 Å². The first-order valence-corrected chi connectivity index (χ1v) is 6.25. The molecule has 0 radical (unpaired) electrons. The van der Waals surface area contributed by atoms with E-state index in [1.165, 1.54) is 0 Å². The Bertz CT molecular complexity index is 534. The van der Waals surface area contributed by atoms with Gasteiger partial charge in [0, 0.05) is 25.8 Å². The molecule has 0 aliphatic heterocycles. The molecule has 0 spiro atoms. The third kappa shape index (κ3) is 2.54. The van der Waals surface area contributed by atoms with E-state index in [2.05, 4.69) is 15.4 Å². The van der Waals surface area contributed by atoms with E-state index >= 15 is 0 Å². The summed E-state index contributed by atoms with van der Waals surface area (Å²) in [5.74, 6) is 0. The van der Waals surface area contributed by atoms with Crippen molar-refractivity contribution >= 4 is 11.6 Å². The van der Waals surface area contributed by atoms with Crippen LogP contribution in [0.2, 0.25) is 5.02 Å². The monoisotopic (exact) mass is 269 g/mol. The zero-order valence-electron chi connectivity index (χ0n) is 10.5. The summed E-state index contributed by atoms with van der Waals surface area (Å²) in [6.07, 6.45) is 2.33. The molecule has 0 aliphatic carbocycles. The molecule has 0 saturated carbocycles. The summed E-state index contributed by atoms with van der Waals surface area (Å²) in [6, 6.07) is 0. The van der Waals surface area contributed by atoms with Crippen molar-refractivity contribution in [2.24, 2.45) is 0 Å². The standard InChI is InChI=1S/C11H16ClN5O/c1-3-17-10(11(12)8(2)14-17)7-16-6-9(4-5-18)13-15-16/h6,18H,3-5,7H2,1-2H3. The fourth-order valence-corrected chi connectivity index (χ4v) is 2.01. The van der Waals surface area contributed by atoms with Gasteiger partial charge in [-0.2, -0.15) is 5.10 Å². The fraction of sp³-hybridized carbons (Fsp3) is 0.545. The Hall–Kier alpha value is -1.40. The minimum Gasteiger partial charge on any atom is -0.396 e. The first-order chi connectivity index (χ1) is 8.65. The maximum absolute atomic E-state index is 8.84. The number of halogens is 1. The summed E-state index contributed by atoms with van der Waals surface area (Å²) >= 11 is 6.23. The minimum absolute atomic E-state index is 0.0749. The third-order valence-corrected chi connectivity index (χ3v) is 3.21. The Morgan fingerprint density at radius 2 is 2.22 bits per heavy atom. The van der Waals surface area contributed by atoms with Gasteiger partial charge in [-0.25, -0.2) is 4.68 Å². The van der Waals surface area contributed by atoms with Crippen molar-refractivity contribution < 1.29 is 5.11 Å². The van der Waals surface area contributed by atoms with Crippen LogP contribution in [0.4, 0.5) is 0 Å². The summed E-state index contributed by atoms with van der Waals surface area (Å²) in [6.45, 7) is 5.28. The van der Waals surface area contributed by atoms with Gasteiger partial charge in [-0.3, -0.25) is 4.68 Å². The molecule has 2 aromatic heterocycles. The first kappa shape index (κ1) is 13.0. The molecule has 0 aromatic carbocycles. The lowest BCUT2D eigenvalue weighted by molar-refractivity contribution is 0.298. The predicted octanol–water partition coefficient (Wildman–Crippen LogP) is 1.04. The molecule has 0 unspecified atom stereocenters. The molecule has 0 bridgehead atoms. The van der Waals surface area contributed by atoms with E-state index in [1.807, 2.05) is 24.7 Å². The van der Waals surface area contributed by atoms with Crippen LogP contribution in [-0.2, 0) is 19.5 Å². The van der Waals surface area contributed by atoms with Crippen molar-refractivity contribution in [3.05, 3.63) is 28.3 Å². The quantitative estimate of drug-likeness (QED) is 0.881. The molecule has 6 nitrogen and oxygen atoms in total. The highest BCUT2D eigenvalue weighted by Crippen LogP contribution is 2.20. The normalized spacial score (nSPS) is 11.1. The molecule has 2 heterocycles. The molecule has 98 valence electrons. The van der Waals surface area contributed by atoms with Crippen molar-refractivity contribution in [2.75, 3.05) is 6.61 Å². The summed E-state index contributed by atoms with van der Waals surface area (Å²) in [4.78, 5) is 0. The minimum atomic E-state index is 0.0749. The highest BCUT2D eigenvalue weighted by molar-refractivity contribution is 6.31. The maximum atomic E-state index is 8.84. The van der Waals surface area contributed by atoms with Crippen molar-refractivity contribution in [3.8, 4) is 0 Å². The van der Waals surface area contributed by atoms with E-state index < -0.39 is 0 Å². The van der Waals surface area contributed by atoms with Crippen LogP contribution in [0.15, 0.2) is 6.20 Å². The van der Waals surface area contributed by atoms with E-state index in [0.717, 1.165) is 23.6 Å². The molecule has 1 N–H and O–H groups in total. The number of hydrogen-bond acceptors (Lipinski definition) is 4. The lowest BCUT2D eigenvalue weighted by Gasteiger charge is -2.04. The van der Waals surface area contributed by atoms with Gasteiger partial charge in [-0.05, 0) is 13.8 Å². The second kappa shape index (κ2) is 5.49. The number of aromatic nitrogens is 5. The van der Waals surface area contributed by atoms with Crippen molar-refractivity contribution in [1.29, 1.82) is 0 Å². The molecule has 0 aliphatic rings. The van der Waals surface area contributed by atoms with Crippen LogP contribution in [0.1, 0.15) is 24.0 Å². The van der Waals surface area contributed by atoms with Crippen molar-refractivity contribution in [1.82, 2.24) is 24.8 Å². The SMILES string of the molecule is CCn1nc(C)c(Cl)c1Cn1cc(CCO)nn1. The fourth-order valence-electron chi connectivity index (χ4n) is 1.82. The molecule has 0 saturated heterocycles. The number of aliphatic hydroxyl groups is 1. The van der Waals surface area contributed by atoms with Gasteiger partial charge in [0.25, 0.3) is 0 Å². The van der Waals surface area contributed by atoms with Gasteiger partial charge in [0.15, 0.2) is 0 Å². The molecule has 0 amide bonds. The van der Waals surface area contributed by atoms with Crippen LogP contribution in [0.25, 0.3) is 0 Å². The van der Waals surface area contributed by atoms with E-state index in [9.17, 15) is 0 Å². The molecule has 0 atom stereocenters. The Balaban J connectivity index is 2.22. The third-order valence-electron chi connectivity index (χ3n) is 2.72. The van der Waals surface area contributed by atoms with Crippen LogP contribution in [0.3, 0.4) is 0 Å². The van der Waals surface area contributed by atoms with Crippen LogP contribution in [-0.4, -0.2) is 36.5 Å². The van der Waals surface area contributed by atoms with E-state index in [-0.39, 0.29) is 6.61 Å². The van der Waals surface area contributed by atoms with Gasteiger partial charge in [-0.1, -0.05) is 16.8 Å². The number of aryl methyl sites for hydroxylation is 2. The lowest BCUT2D eigenvalue weighted by atomic mass is 10.3. The average molecular weight is 270 g/mol. The Morgan fingerprint density at radius 1 is 1.44 bits per heavy atom. The number of hydrogen-bond donors (Lipinski definition) is 1. The van der Waals surface area contributed by atoms with Crippen LogP contribution < -0.4 is 0 Å². The molecular weight excluding hydrogens is 254 g/mol. The zero-order chi connectivity index (χ0) is 13.1. The number of nitrogens with zero attached hydrogens (tertiary/aromatic N) is 5. The smallest absolute Gasteiger partial charge is 0.0866 e. The highest BCUT2D eigenvalue weighted by atomic mass is 35.5. The number of rotatable bonds is 5. The summed E-state index contributed by atoms with van der Waals surface area (Å²) in [7, 11) is 0. The largest absolute Gasteiger partial charge is 0.396 e. The van der Waals surface area contributed by atoms with Gasteiger partial charge in [0.1, 0.15) is 0 Å². The summed E-state index contributed by atoms with van der Waals surface area (Å²) < 4.78 is 3.57. The average Bonchev–Trinajstić information content (AvgIpc) is 2.90. The van der Waals surface area contributed by atoms with Crippen molar-refractivity contribution in [3.63, 3.8) is 0 Å². The van der Waals surface area contributed by atoms with Gasteiger partial charge >= 0.3 is 0 Å². The van der Waals surface area contributed by atoms with Crippen LogP contribution in [0.5, 0.6) is 0 Å². The first-order valence-electron chi connectivity index (χ1n) is 5.87. The highest BCUT2D eigenvalue weighted by Gasteiger charge is 2.13.